The van der Waals surface area contributed by atoms with Gasteiger partial charge in [-0.25, -0.2) is 0 Å². The van der Waals surface area contributed by atoms with Crippen LogP contribution >= 0.6 is 0 Å². The van der Waals surface area contributed by atoms with Crippen molar-refractivity contribution in [2.45, 2.75) is 6.54 Å². The molecule has 0 amide bonds. The van der Waals surface area contributed by atoms with Crippen molar-refractivity contribution < 1.29 is 19.1 Å². The van der Waals surface area contributed by atoms with Crippen LogP contribution in [-0.2, 0) is 16.0 Å². The van der Waals surface area contributed by atoms with Crippen molar-refractivity contribution in [3.8, 4) is 17.1 Å². The van der Waals surface area contributed by atoms with Crippen LogP contribution in [0.4, 0.5) is 17.6 Å². The highest BCUT2D eigenvalue weighted by Gasteiger charge is 2.13. The molecule has 0 spiro atoms. The first-order valence-electron chi connectivity index (χ1n) is 11.1. The summed E-state index contributed by atoms with van der Waals surface area (Å²) in [5.74, 6) is 1.68. The van der Waals surface area contributed by atoms with Crippen molar-refractivity contribution in [1.82, 2.24) is 15.0 Å². The number of aromatic nitrogens is 3. The molecule has 0 saturated carbocycles. The third-order valence-corrected chi connectivity index (χ3v) is 4.70. The van der Waals surface area contributed by atoms with E-state index in [-0.39, 0.29) is 5.69 Å². The maximum Gasteiger partial charge on any atom is 0.270 e. The molecule has 3 rings (SSSR count). The highest BCUT2D eigenvalue weighted by atomic mass is 16.6. The van der Waals surface area contributed by atoms with Crippen LogP contribution in [0, 0.1) is 10.1 Å². The molecule has 0 atom stereocenters. The summed E-state index contributed by atoms with van der Waals surface area (Å²) in [6, 6.07) is 13.8. The average Bonchev–Trinajstić information content (AvgIpc) is 2.89. The summed E-state index contributed by atoms with van der Waals surface area (Å²) < 4.78 is 16.0. The largest absolute Gasteiger partial charge is 0.497 e. The van der Waals surface area contributed by atoms with Gasteiger partial charge in [0.05, 0.1) is 38.5 Å². The monoisotopic (exact) mass is 483 g/mol. The molecule has 3 aromatic rings. The fourth-order valence-electron chi connectivity index (χ4n) is 3.03. The molecule has 4 N–H and O–H groups in total. The van der Waals surface area contributed by atoms with Gasteiger partial charge in [-0.15, -0.1) is 0 Å². The lowest BCUT2D eigenvalue weighted by molar-refractivity contribution is -0.384. The standard InChI is InChI=1S/C23H29N7O5/c1-33-20-7-2-4-17(14-20)16-26-23-28-21(18-5-3-6-19(15-18)30(31)32)27-22(29-23)25-9-11-35-13-12-34-10-8-24/h2-7,14-15H,8-13,16,24H2,1H3,(H2,25,26,27,28,29). The van der Waals surface area contributed by atoms with E-state index in [1.807, 2.05) is 24.3 Å². The molecule has 0 radical (unpaired) electrons. The molecule has 0 bridgehead atoms. The first kappa shape index (κ1) is 25.7. The maximum absolute atomic E-state index is 11.2. The van der Waals surface area contributed by atoms with Gasteiger partial charge < -0.3 is 30.6 Å². The van der Waals surface area contributed by atoms with E-state index in [2.05, 4.69) is 25.6 Å². The van der Waals surface area contributed by atoms with Crippen LogP contribution in [0.2, 0.25) is 0 Å². The van der Waals surface area contributed by atoms with E-state index in [1.54, 1.807) is 19.2 Å². The van der Waals surface area contributed by atoms with Crippen molar-refractivity contribution in [1.29, 1.82) is 0 Å². The quantitative estimate of drug-likeness (QED) is 0.165. The van der Waals surface area contributed by atoms with Gasteiger partial charge in [0.15, 0.2) is 5.82 Å². The van der Waals surface area contributed by atoms with Gasteiger partial charge >= 0.3 is 0 Å². The zero-order chi connectivity index (χ0) is 24.9. The molecule has 12 nitrogen and oxygen atoms in total. The first-order chi connectivity index (χ1) is 17.1. The topological polar surface area (TPSA) is 160 Å². The molecule has 2 aromatic carbocycles. The molecule has 0 aliphatic carbocycles. The van der Waals surface area contributed by atoms with E-state index in [9.17, 15) is 10.1 Å². The van der Waals surface area contributed by atoms with Crippen LogP contribution in [0.3, 0.4) is 0 Å². The van der Waals surface area contributed by atoms with Gasteiger partial charge in [0, 0.05) is 37.3 Å². The lowest BCUT2D eigenvalue weighted by Crippen LogP contribution is -2.16. The normalized spacial score (nSPS) is 10.7. The highest BCUT2D eigenvalue weighted by molar-refractivity contribution is 5.61. The number of nitro groups is 1. The van der Waals surface area contributed by atoms with E-state index in [4.69, 9.17) is 19.9 Å². The number of methoxy groups -OCH3 is 1. The zero-order valence-corrected chi connectivity index (χ0v) is 19.5. The Hall–Kier alpha value is -3.87. The molecule has 0 saturated heterocycles. The SMILES string of the molecule is COc1cccc(CNc2nc(NCCOCCOCCN)nc(-c3cccc([N+](=O)[O-])c3)n2)c1. The summed E-state index contributed by atoms with van der Waals surface area (Å²) in [7, 11) is 1.61. The minimum absolute atomic E-state index is 0.0476. The molecule has 0 unspecified atom stereocenters. The van der Waals surface area contributed by atoms with Crippen molar-refractivity contribution in [2.75, 3.05) is 57.3 Å². The van der Waals surface area contributed by atoms with Gasteiger partial charge in [0.2, 0.25) is 11.9 Å². The molecule has 0 aliphatic heterocycles. The van der Waals surface area contributed by atoms with Crippen LogP contribution in [-0.4, -0.2) is 66.5 Å². The number of hydrogen-bond acceptors (Lipinski definition) is 11. The van der Waals surface area contributed by atoms with E-state index in [1.165, 1.54) is 12.1 Å². The lowest BCUT2D eigenvalue weighted by atomic mass is 10.2. The van der Waals surface area contributed by atoms with Crippen LogP contribution in [0.25, 0.3) is 11.4 Å². The van der Waals surface area contributed by atoms with Gasteiger partial charge in [0.1, 0.15) is 5.75 Å². The predicted molar refractivity (Wildman–Crippen MR) is 131 cm³/mol. The third kappa shape index (κ3) is 8.45. The van der Waals surface area contributed by atoms with Crippen molar-refractivity contribution in [3.05, 3.63) is 64.2 Å². The number of anilines is 2. The number of nitrogens with one attached hydrogen (secondary N) is 2. The first-order valence-corrected chi connectivity index (χ1v) is 11.1. The molecule has 0 fully saturated rings. The average molecular weight is 484 g/mol. The minimum Gasteiger partial charge on any atom is -0.497 e. The molecule has 1 aromatic heterocycles. The highest BCUT2D eigenvalue weighted by Crippen LogP contribution is 2.23. The van der Waals surface area contributed by atoms with E-state index < -0.39 is 4.92 Å². The Morgan fingerprint density at radius 3 is 2.43 bits per heavy atom. The lowest BCUT2D eigenvalue weighted by Gasteiger charge is -2.11. The molecule has 12 heteroatoms. The second-order valence-corrected chi connectivity index (χ2v) is 7.26. The number of benzene rings is 2. The Balaban J connectivity index is 1.71. The van der Waals surface area contributed by atoms with Gasteiger partial charge in [-0.1, -0.05) is 24.3 Å². The second-order valence-electron chi connectivity index (χ2n) is 7.26. The van der Waals surface area contributed by atoms with E-state index in [0.717, 1.165) is 11.3 Å². The summed E-state index contributed by atoms with van der Waals surface area (Å²) in [6.07, 6.45) is 0. The van der Waals surface area contributed by atoms with Crippen molar-refractivity contribution in [3.63, 3.8) is 0 Å². The van der Waals surface area contributed by atoms with E-state index in [0.29, 0.717) is 69.3 Å². The molecule has 1 heterocycles. The molecule has 0 aliphatic rings. The number of nitrogens with zero attached hydrogens (tertiary/aromatic N) is 4. The number of nitro benzene ring substituents is 1. The number of rotatable bonds is 15. The number of nitrogens with two attached hydrogens (primary N) is 1. The molecular formula is C23H29N7O5. The van der Waals surface area contributed by atoms with Crippen molar-refractivity contribution in [2.24, 2.45) is 5.73 Å². The molecular weight excluding hydrogens is 454 g/mol. The number of hydrogen-bond donors (Lipinski definition) is 3. The summed E-state index contributed by atoms with van der Waals surface area (Å²) in [5.41, 5.74) is 6.80. The van der Waals surface area contributed by atoms with Crippen LogP contribution in [0.15, 0.2) is 48.5 Å². The van der Waals surface area contributed by atoms with Crippen LogP contribution in [0.1, 0.15) is 5.56 Å². The van der Waals surface area contributed by atoms with Gasteiger partial charge in [-0.05, 0) is 17.7 Å². The third-order valence-electron chi connectivity index (χ3n) is 4.70. The van der Waals surface area contributed by atoms with Crippen molar-refractivity contribution >= 4 is 17.6 Å². The fourth-order valence-corrected chi connectivity index (χ4v) is 3.03. The summed E-state index contributed by atoms with van der Waals surface area (Å²) in [5, 5.41) is 17.5. The zero-order valence-electron chi connectivity index (χ0n) is 19.5. The number of non-ortho nitro benzene ring substituents is 1. The number of ether oxygens (including phenoxy) is 3. The van der Waals surface area contributed by atoms with Crippen LogP contribution in [0.5, 0.6) is 5.75 Å². The Kier molecular flexibility index (Phi) is 10.1. The Labute approximate surface area is 203 Å². The molecule has 186 valence electrons. The predicted octanol–water partition coefficient (Wildman–Crippen LogP) is 2.47. The smallest absolute Gasteiger partial charge is 0.270 e. The van der Waals surface area contributed by atoms with E-state index >= 15 is 0 Å². The van der Waals surface area contributed by atoms with Gasteiger partial charge in [-0.2, -0.15) is 15.0 Å². The van der Waals surface area contributed by atoms with Gasteiger partial charge in [0.25, 0.3) is 5.69 Å². The molecule has 35 heavy (non-hydrogen) atoms. The summed E-state index contributed by atoms with van der Waals surface area (Å²) in [6.45, 7) is 3.20. The Morgan fingerprint density at radius 1 is 0.943 bits per heavy atom. The van der Waals surface area contributed by atoms with Gasteiger partial charge in [-0.3, -0.25) is 10.1 Å². The second kappa shape index (κ2) is 13.7. The fraction of sp³-hybridized carbons (Fsp3) is 0.348. The summed E-state index contributed by atoms with van der Waals surface area (Å²) in [4.78, 5) is 24.1. The maximum atomic E-state index is 11.2. The minimum atomic E-state index is -0.458. The Morgan fingerprint density at radius 2 is 1.69 bits per heavy atom. The van der Waals surface area contributed by atoms with Crippen LogP contribution < -0.4 is 21.1 Å². The summed E-state index contributed by atoms with van der Waals surface area (Å²) >= 11 is 0. The Bertz CT molecular complexity index is 1100.